The summed E-state index contributed by atoms with van der Waals surface area (Å²) in [6.45, 7) is 7.04. The van der Waals surface area contributed by atoms with Gasteiger partial charge in [0, 0.05) is 17.8 Å². The molecule has 0 saturated heterocycles. The van der Waals surface area contributed by atoms with E-state index in [1.54, 1.807) is 0 Å². The molecule has 0 saturated carbocycles. The van der Waals surface area contributed by atoms with Gasteiger partial charge in [-0.15, -0.1) is 10.2 Å². The first kappa shape index (κ1) is 11.6. The van der Waals surface area contributed by atoms with Crippen molar-refractivity contribution in [1.29, 1.82) is 0 Å². The molecule has 0 atom stereocenters. The molecule has 0 unspecified atom stereocenters. The Balaban J connectivity index is 2.56. The Morgan fingerprint density at radius 2 is 2.00 bits per heavy atom. The summed E-state index contributed by atoms with van der Waals surface area (Å²) >= 11 is 0. The van der Waals surface area contributed by atoms with Crippen molar-refractivity contribution in [3.05, 3.63) is 29.6 Å². The Labute approximate surface area is 101 Å². The van der Waals surface area contributed by atoms with Crippen molar-refractivity contribution in [1.82, 2.24) is 14.8 Å². The van der Waals surface area contributed by atoms with Crippen LogP contribution in [0.2, 0.25) is 0 Å². The van der Waals surface area contributed by atoms with Gasteiger partial charge < -0.3 is 10.3 Å². The third-order valence-corrected chi connectivity index (χ3v) is 2.95. The van der Waals surface area contributed by atoms with E-state index in [2.05, 4.69) is 21.7 Å². The van der Waals surface area contributed by atoms with Crippen LogP contribution in [0.5, 0.6) is 0 Å². The van der Waals surface area contributed by atoms with Crippen LogP contribution in [0, 0.1) is 13.8 Å². The first-order valence-corrected chi connectivity index (χ1v) is 5.90. The second kappa shape index (κ2) is 4.57. The molecule has 0 fully saturated rings. The van der Waals surface area contributed by atoms with Crippen LogP contribution in [-0.4, -0.2) is 14.8 Å². The van der Waals surface area contributed by atoms with Gasteiger partial charge in [0.1, 0.15) is 5.82 Å². The maximum Gasteiger partial charge on any atom is 0.166 e. The summed E-state index contributed by atoms with van der Waals surface area (Å²) in [6, 6.07) is 6.01. The van der Waals surface area contributed by atoms with E-state index in [4.69, 9.17) is 5.73 Å². The number of nitrogen functional groups attached to an aromatic ring is 1. The Bertz CT molecular complexity index is 528. The Morgan fingerprint density at radius 1 is 1.24 bits per heavy atom. The zero-order valence-corrected chi connectivity index (χ0v) is 10.6. The summed E-state index contributed by atoms with van der Waals surface area (Å²) in [5, 5.41) is 8.38. The fourth-order valence-electron chi connectivity index (χ4n) is 1.95. The van der Waals surface area contributed by atoms with Gasteiger partial charge in [-0.05, 0) is 31.9 Å². The molecule has 1 heterocycles. The third kappa shape index (κ3) is 2.02. The van der Waals surface area contributed by atoms with Crippen LogP contribution < -0.4 is 5.73 Å². The molecule has 0 aliphatic carbocycles. The summed E-state index contributed by atoms with van der Waals surface area (Å²) in [4.78, 5) is 0. The highest BCUT2D eigenvalue weighted by Crippen LogP contribution is 2.27. The highest BCUT2D eigenvalue weighted by Gasteiger charge is 2.13. The lowest BCUT2D eigenvalue weighted by Gasteiger charge is -2.10. The smallest absolute Gasteiger partial charge is 0.166 e. The van der Waals surface area contributed by atoms with Gasteiger partial charge in [-0.3, -0.25) is 0 Å². The van der Waals surface area contributed by atoms with Crippen LogP contribution in [-0.2, 0) is 6.54 Å². The number of nitrogens with two attached hydrogens (primary N) is 1. The lowest BCUT2D eigenvalue weighted by Crippen LogP contribution is -2.04. The summed E-state index contributed by atoms with van der Waals surface area (Å²) in [5.41, 5.74) is 8.94. The molecule has 0 radical (unpaired) electrons. The fourth-order valence-corrected chi connectivity index (χ4v) is 1.95. The molecule has 0 aliphatic heterocycles. The summed E-state index contributed by atoms with van der Waals surface area (Å²) in [6.07, 6.45) is 1.05. The Kier molecular flexibility index (Phi) is 3.13. The van der Waals surface area contributed by atoms with Crippen molar-refractivity contribution < 1.29 is 0 Å². The molecular formula is C13H18N4. The molecular weight excluding hydrogens is 212 g/mol. The molecule has 1 aromatic heterocycles. The minimum absolute atomic E-state index is 0.789. The second-order valence-electron chi connectivity index (χ2n) is 4.26. The second-order valence-corrected chi connectivity index (χ2v) is 4.26. The van der Waals surface area contributed by atoms with Crippen LogP contribution in [0.4, 0.5) is 5.69 Å². The number of aromatic nitrogens is 3. The number of para-hydroxylation sites is 1. The largest absolute Gasteiger partial charge is 0.398 e. The van der Waals surface area contributed by atoms with E-state index in [1.807, 2.05) is 32.0 Å². The highest BCUT2D eigenvalue weighted by atomic mass is 15.3. The predicted molar refractivity (Wildman–Crippen MR) is 69.6 cm³/mol. The molecule has 2 aromatic rings. The van der Waals surface area contributed by atoms with Gasteiger partial charge in [0.25, 0.3) is 0 Å². The standard InChI is InChI=1S/C13H18N4/c1-4-8-17-10(3)15-16-13(17)11-7-5-6-9(2)12(11)14/h5-7H,4,8,14H2,1-3H3. The highest BCUT2D eigenvalue weighted by molar-refractivity contribution is 5.74. The minimum Gasteiger partial charge on any atom is -0.398 e. The summed E-state index contributed by atoms with van der Waals surface area (Å²) in [5.74, 6) is 1.80. The molecule has 2 rings (SSSR count). The zero-order valence-electron chi connectivity index (χ0n) is 10.6. The Hall–Kier alpha value is -1.84. The number of hydrogen-bond acceptors (Lipinski definition) is 3. The van der Waals surface area contributed by atoms with Crippen LogP contribution in [0.1, 0.15) is 24.7 Å². The molecule has 90 valence electrons. The molecule has 4 heteroatoms. The first-order chi connectivity index (χ1) is 8.15. The van der Waals surface area contributed by atoms with Gasteiger partial charge in [-0.1, -0.05) is 19.1 Å². The van der Waals surface area contributed by atoms with Gasteiger partial charge in [0.05, 0.1) is 0 Å². The number of anilines is 1. The average Bonchev–Trinajstić information content (AvgIpc) is 2.66. The topological polar surface area (TPSA) is 56.7 Å². The molecule has 17 heavy (non-hydrogen) atoms. The average molecular weight is 230 g/mol. The summed E-state index contributed by atoms with van der Waals surface area (Å²) in [7, 11) is 0. The van der Waals surface area contributed by atoms with Gasteiger partial charge in [-0.25, -0.2) is 0 Å². The maximum absolute atomic E-state index is 6.11. The lowest BCUT2D eigenvalue weighted by atomic mass is 10.1. The Morgan fingerprint density at radius 3 is 2.71 bits per heavy atom. The van der Waals surface area contributed by atoms with E-state index in [0.717, 1.165) is 41.4 Å². The number of nitrogens with zero attached hydrogens (tertiary/aromatic N) is 3. The normalized spacial score (nSPS) is 10.8. The molecule has 0 aliphatic rings. The third-order valence-electron chi connectivity index (χ3n) is 2.95. The van der Waals surface area contributed by atoms with E-state index < -0.39 is 0 Å². The predicted octanol–water partition coefficient (Wildman–Crippen LogP) is 2.55. The van der Waals surface area contributed by atoms with Gasteiger partial charge >= 0.3 is 0 Å². The number of aryl methyl sites for hydroxylation is 2. The molecule has 2 N–H and O–H groups in total. The van der Waals surface area contributed by atoms with Crippen molar-refractivity contribution in [3.63, 3.8) is 0 Å². The van der Waals surface area contributed by atoms with E-state index in [1.165, 1.54) is 0 Å². The van der Waals surface area contributed by atoms with Crippen molar-refractivity contribution >= 4 is 5.69 Å². The van der Waals surface area contributed by atoms with Crippen LogP contribution >= 0.6 is 0 Å². The number of hydrogen-bond donors (Lipinski definition) is 1. The van der Waals surface area contributed by atoms with E-state index in [0.29, 0.717) is 0 Å². The fraction of sp³-hybridized carbons (Fsp3) is 0.385. The summed E-state index contributed by atoms with van der Waals surface area (Å²) < 4.78 is 2.12. The number of rotatable bonds is 3. The quantitative estimate of drug-likeness (QED) is 0.824. The van der Waals surface area contributed by atoms with Crippen molar-refractivity contribution in [3.8, 4) is 11.4 Å². The van der Waals surface area contributed by atoms with Crippen molar-refractivity contribution in [2.75, 3.05) is 5.73 Å². The van der Waals surface area contributed by atoms with Gasteiger partial charge in [-0.2, -0.15) is 0 Å². The molecule has 0 amide bonds. The zero-order chi connectivity index (χ0) is 12.4. The lowest BCUT2D eigenvalue weighted by molar-refractivity contribution is 0.663. The maximum atomic E-state index is 6.11. The van der Waals surface area contributed by atoms with E-state index in [9.17, 15) is 0 Å². The van der Waals surface area contributed by atoms with Crippen molar-refractivity contribution in [2.45, 2.75) is 33.7 Å². The molecule has 0 bridgehead atoms. The molecule has 1 aromatic carbocycles. The van der Waals surface area contributed by atoms with E-state index >= 15 is 0 Å². The van der Waals surface area contributed by atoms with Crippen LogP contribution in [0.15, 0.2) is 18.2 Å². The van der Waals surface area contributed by atoms with Gasteiger partial charge in [0.15, 0.2) is 5.82 Å². The first-order valence-electron chi connectivity index (χ1n) is 5.90. The number of benzene rings is 1. The van der Waals surface area contributed by atoms with Gasteiger partial charge in [0.2, 0.25) is 0 Å². The van der Waals surface area contributed by atoms with E-state index in [-0.39, 0.29) is 0 Å². The van der Waals surface area contributed by atoms with Crippen molar-refractivity contribution in [2.24, 2.45) is 0 Å². The minimum atomic E-state index is 0.789. The monoisotopic (exact) mass is 230 g/mol. The molecule has 0 spiro atoms. The van der Waals surface area contributed by atoms with Crippen LogP contribution in [0.3, 0.4) is 0 Å². The SMILES string of the molecule is CCCn1c(C)nnc1-c1cccc(C)c1N. The molecule has 4 nitrogen and oxygen atoms in total. The van der Waals surface area contributed by atoms with Crippen LogP contribution in [0.25, 0.3) is 11.4 Å².